The largest absolute Gasteiger partial charge is 0.350 e. The normalized spacial score (nSPS) is 13.0. The third-order valence-electron chi connectivity index (χ3n) is 4.30. The number of aryl methyl sites for hydroxylation is 1. The lowest BCUT2D eigenvalue weighted by atomic mass is 9.87. The maximum absolute atomic E-state index is 12.1. The molecule has 1 atom stereocenters. The van der Waals surface area contributed by atoms with E-state index < -0.39 is 0 Å². The predicted octanol–water partition coefficient (Wildman–Crippen LogP) is 5.13. The van der Waals surface area contributed by atoms with Crippen molar-refractivity contribution in [2.75, 3.05) is 0 Å². The Balaban J connectivity index is 1.81. The van der Waals surface area contributed by atoms with E-state index in [2.05, 4.69) is 62.5 Å². The van der Waals surface area contributed by atoms with Gasteiger partial charge in [-0.25, -0.2) is 0 Å². The highest BCUT2D eigenvalue weighted by molar-refractivity contribution is 5.91. The van der Waals surface area contributed by atoms with Crippen molar-refractivity contribution in [2.45, 2.75) is 52.0 Å². The molecule has 0 aliphatic carbocycles. The molecule has 2 heteroatoms. The van der Waals surface area contributed by atoms with Gasteiger partial charge in [-0.2, -0.15) is 0 Å². The molecule has 0 spiro atoms. The van der Waals surface area contributed by atoms with Crippen molar-refractivity contribution >= 4 is 12.0 Å². The molecule has 0 saturated carbocycles. The van der Waals surface area contributed by atoms with Gasteiger partial charge in [-0.3, -0.25) is 4.79 Å². The van der Waals surface area contributed by atoms with E-state index in [0.29, 0.717) is 0 Å². The zero-order valence-corrected chi connectivity index (χ0v) is 15.8. The van der Waals surface area contributed by atoms with Gasteiger partial charge in [0.05, 0.1) is 0 Å². The Kier molecular flexibility index (Phi) is 6.58. The first-order valence-corrected chi connectivity index (χ1v) is 8.97. The van der Waals surface area contributed by atoms with E-state index >= 15 is 0 Å². The van der Waals surface area contributed by atoms with Crippen molar-refractivity contribution in [3.63, 3.8) is 0 Å². The molecule has 0 heterocycles. The first kappa shape index (κ1) is 19.0. The second kappa shape index (κ2) is 8.66. The number of amides is 1. The standard InChI is InChI=1S/C23H29NO/c1-18(10-11-19-8-6-5-7-9-19)24-22(25)17-14-20-12-15-21(16-13-20)23(2,3)4/h5-9,12-18H,10-11H2,1-4H3,(H,24,25)/b17-14+/t18-/m0/s1. The van der Waals surface area contributed by atoms with Gasteiger partial charge < -0.3 is 5.32 Å². The van der Waals surface area contributed by atoms with Crippen LogP contribution in [0.2, 0.25) is 0 Å². The van der Waals surface area contributed by atoms with E-state index in [9.17, 15) is 4.79 Å². The van der Waals surface area contributed by atoms with Crippen LogP contribution in [-0.4, -0.2) is 11.9 Å². The van der Waals surface area contributed by atoms with Crippen LogP contribution in [0.3, 0.4) is 0 Å². The van der Waals surface area contributed by atoms with Gasteiger partial charge in [-0.15, -0.1) is 0 Å². The molecular weight excluding hydrogens is 306 g/mol. The summed E-state index contributed by atoms with van der Waals surface area (Å²) in [4.78, 5) is 12.1. The fraction of sp³-hybridized carbons (Fsp3) is 0.348. The van der Waals surface area contributed by atoms with E-state index in [1.807, 2.05) is 31.2 Å². The molecule has 1 N–H and O–H groups in total. The van der Waals surface area contributed by atoms with Crippen molar-refractivity contribution in [1.29, 1.82) is 0 Å². The lowest BCUT2D eigenvalue weighted by Crippen LogP contribution is -2.31. The Morgan fingerprint density at radius 2 is 1.68 bits per heavy atom. The number of hydrogen-bond donors (Lipinski definition) is 1. The van der Waals surface area contributed by atoms with Crippen LogP contribution in [0.4, 0.5) is 0 Å². The van der Waals surface area contributed by atoms with Gasteiger partial charge in [0.15, 0.2) is 0 Å². The van der Waals surface area contributed by atoms with Crippen LogP contribution >= 0.6 is 0 Å². The van der Waals surface area contributed by atoms with E-state index in [1.54, 1.807) is 6.08 Å². The van der Waals surface area contributed by atoms with E-state index in [4.69, 9.17) is 0 Å². The molecule has 2 aromatic carbocycles. The van der Waals surface area contributed by atoms with Crippen LogP contribution in [0, 0.1) is 0 Å². The molecule has 0 bridgehead atoms. The second-order valence-corrected chi connectivity index (χ2v) is 7.64. The highest BCUT2D eigenvalue weighted by atomic mass is 16.1. The third kappa shape index (κ3) is 6.58. The average Bonchev–Trinajstić information content (AvgIpc) is 2.59. The van der Waals surface area contributed by atoms with Gasteiger partial charge >= 0.3 is 0 Å². The van der Waals surface area contributed by atoms with Crippen LogP contribution in [0.15, 0.2) is 60.7 Å². The van der Waals surface area contributed by atoms with Crippen LogP contribution in [0.5, 0.6) is 0 Å². The molecule has 132 valence electrons. The fourth-order valence-corrected chi connectivity index (χ4v) is 2.66. The highest BCUT2D eigenvalue weighted by Gasteiger charge is 2.12. The van der Waals surface area contributed by atoms with Gasteiger partial charge in [0.1, 0.15) is 0 Å². The van der Waals surface area contributed by atoms with Gasteiger partial charge in [0, 0.05) is 12.1 Å². The van der Waals surface area contributed by atoms with Gasteiger partial charge in [-0.05, 0) is 47.9 Å². The maximum atomic E-state index is 12.1. The van der Waals surface area contributed by atoms with Gasteiger partial charge in [-0.1, -0.05) is 75.4 Å². The SMILES string of the molecule is C[C@@H](CCc1ccccc1)NC(=O)/C=C/c1ccc(C(C)(C)C)cc1. The molecule has 2 nitrogen and oxygen atoms in total. The van der Waals surface area contributed by atoms with E-state index in [0.717, 1.165) is 18.4 Å². The zero-order valence-electron chi connectivity index (χ0n) is 15.8. The van der Waals surface area contributed by atoms with Crippen LogP contribution in [0.1, 0.15) is 50.8 Å². The molecule has 0 saturated heterocycles. The number of nitrogens with one attached hydrogen (secondary N) is 1. The summed E-state index contributed by atoms with van der Waals surface area (Å²) in [6, 6.07) is 18.9. The maximum Gasteiger partial charge on any atom is 0.244 e. The minimum atomic E-state index is -0.0412. The molecule has 0 aliphatic rings. The number of carbonyl (C=O) groups is 1. The Bertz CT molecular complexity index is 693. The van der Waals surface area contributed by atoms with Crippen molar-refractivity contribution in [3.8, 4) is 0 Å². The Morgan fingerprint density at radius 3 is 2.28 bits per heavy atom. The summed E-state index contributed by atoms with van der Waals surface area (Å²) >= 11 is 0. The van der Waals surface area contributed by atoms with Gasteiger partial charge in [0.2, 0.25) is 5.91 Å². The number of rotatable bonds is 6. The summed E-state index contributed by atoms with van der Waals surface area (Å²) < 4.78 is 0. The third-order valence-corrected chi connectivity index (χ3v) is 4.30. The second-order valence-electron chi connectivity index (χ2n) is 7.64. The molecule has 0 aliphatic heterocycles. The minimum Gasteiger partial charge on any atom is -0.350 e. The lowest BCUT2D eigenvalue weighted by Gasteiger charge is -2.18. The van der Waals surface area contributed by atoms with Crippen molar-refractivity contribution < 1.29 is 4.79 Å². The molecule has 2 rings (SSSR count). The summed E-state index contributed by atoms with van der Waals surface area (Å²) in [6.07, 6.45) is 5.39. The van der Waals surface area contributed by atoms with Crippen LogP contribution < -0.4 is 5.32 Å². The molecule has 0 unspecified atom stereocenters. The summed E-state index contributed by atoms with van der Waals surface area (Å²) in [5.41, 5.74) is 3.79. The molecule has 0 radical (unpaired) electrons. The number of carbonyl (C=O) groups excluding carboxylic acids is 1. The smallest absolute Gasteiger partial charge is 0.244 e. The molecular formula is C23H29NO. The number of hydrogen-bond acceptors (Lipinski definition) is 1. The van der Waals surface area contributed by atoms with E-state index in [1.165, 1.54) is 11.1 Å². The van der Waals surface area contributed by atoms with Crippen molar-refractivity contribution in [1.82, 2.24) is 5.32 Å². The first-order valence-electron chi connectivity index (χ1n) is 8.97. The summed E-state index contributed by atoms with van der Waals surface area (Å²) in [7, 11) is 0. The highest BCUT2D eigenvalue weighted by Crippen LogP contribution is 2.22. The van der Waals surface area contributed by atoms with E-state index in [-0.39, 0.29) is 17.4 Å². The fourth-order valence-electron chi connectivity index (χ4n) is 2.66. The monoisotopic (exact) mass is 335 g/mol. The summed E-state index contributed by atoms with van der Waals surface area (Å²) in [6.45, 7) is 8.64. The van der Waals surface area contributed by atoms with Crippen LogP contribution in [0.25, 0.3) is 6.08 Å². The lowest BCUT2D eigenvalue weighted by molar-refractivity contribution is -0.117. The summed E-state index contributed by atoms with van der Waals surface area (Å²) in [5.74, 6) is -0.0412. The molecule has 25 heavy (non-hydrogen) atoms. The number of benzene rings is 2. The molecule has 2 aromatic rings. The predicted molar refractivity (Wildman–Crippen MR) is 107 cm³/mol. The first-order chi connectivity index (χ1) is 11.8. The Hall–Kier alpha value is -2.35. The minimum absolute atomic E-state index is 0.0412. The van der Waals surface area contributed by atoms with Crippen molar-refractivity contribution in [3.05, 3.63) is 77.4 Å². The Morgan fingerprint density at radius 1 is 1.04 bits per heavy atom. The zero-order chi connectivity index (χ0) is 18.3. The molecule has 1 amide bonds. The molecule has 0 fully saturated rings. The Labute approximate surface area is 152 Å². The average molecular weight is 335 g/mol. The molecule has 0 aromatic heterocycles. The summed E-state index contributed by atoms with van der Waals surface area (Å²) in [5, 5.41) is 3.03. The van der Waals surface area contributed by atoms with Gasteiger partial charge in [0.25, 0.3) is 0 Å². The quantitative estimate of drug-likeness (QED) is 0.728. The van der Waals surface area contributed by atoms with Crippen LogP contribution in [-0.2, 0) is 16.6 Å². The topological polar surface area (TPSA) is 29.1 Å². The van der Waals surface area contributed by atoms with Crippen molar-refractivity contribution in [2.24, 2.45) is 0 Å².